The number of benzene rings is 1. The van der Waals surface area contributed by atoms with Crippen LogP contribution in [0.5, 0.6) is 5.75 Å². The smallest absolute Gasteiger partial charge is 0.408 e. The van der Waals surface area contributed by atoms with Gasteiger partial charge in [-0.15, -0.1) is 0 Å². The van der Waals surface area contributed by atoms with Gasteiger partial charge in [0.2, 0.25) is 0 Å². The van der Waals surface area contributed by atoms with Crippen LogP contribution in [0.3, 0.4) is 0 Å². The van der Waals surface area contributed by atoms with E-state index in [2.05, 4.69) is 13.2 Å². The van der Waals surface area contributed by atoms with Crippen LogP contribution in [0.25, 0.3) is 0 Å². The minimum atomic E-state index is -2.17. The van der Waals surface area contributed by atoms with Crippen molar-refractivity contribution in [2.45, 2.75) is 0 Å². The van der Waals surface area contributed by atoms with E-state index >= 15 is 0 Å². The van der Waals surface area contributed by atoms with E-state index in [1.807, 2.05) is 0 Å². The highest BCUT2D eigenvalue weighted by Crippen LogP contribution is 2.40. The number of hydrogen-bond acceptors (Lipinski definition) is 5. The Morgan fingerprint density at radius 1 is 1.00 bits per heavy atom. The normalized spacial score (nSPS) is 9.39. The molecule has 0 aliphatic rings. The molecular weight excluding hydrogens is 255 g/mol. The maximum absolute atomic E-state index is 11.1. The van der Waals surface area contributed by atoms with Gasteiger partial charge in [-0.25, -0.2) is 9.59 Å². The second kappa shape index (κ2) is 7.25. The molecule has 1 aromatic rings. The number of carbonyl (C=O) groups is 2. The number of rotatable bonds is 6. The second-order valence-corrected chi connectivity index (χ2v) is 3.85. The topological polar surface area (TPSA) is 61.8 Å². The Labute approximate surface area is 106 Å². The molecule has 0 N–H and O–H groups in total. The van der Waals surface area contributed by atoms with Crippen molar-refractivity contribution < 1.29 is 23.2 Å². The molecule has 6 heteroatoms. The Bertz CT molecular complexity index is 421. The van der Waals surface area contributed by atoms with Gasteiger partial charge in [-0.1, -0.05) is 31.4 Å². The van der Waals surface area contributed by atoms with Crippen LogP contribution in [0.4, 0.5) is 0 Å². The van der Waals surface area contributed by atoms with E-state index in [0.717, 1.165) is 12.2 Å². The Morgan fingerprint density at radius 2 is 1.50 bits per heavy atom. The molecule has 0 aromatic heterocycles. The van der Waals surface area contributed by atoms with Crippen LogP contribution in [-0.4, -0.2) is 11.9 Å². The van der Waals surface area contributed by atoms with Crippen LogP contribution >= 0.6 is 8.60 Å². The quantitative estimate of drug-likeness (QED) is 0.585. The molecular formula is C12H11O5P. The summed E-state index contributed by atoms with van der Waals surface area (Å²) in [5.74, 6) is -1.07. The van der Waals surface area contributed by atoms with Crippen LogP contribution in [0.2, 0.25) is 0 Å². The van der Waals surface area contributed by atoms with Crippen LogP contribution in [0, 0.1) is 0 Å². The summed E-state index contributed by atoms with van der Waals surface area (Å²) in [4.78, 5) is 22.1. The first-order valence-corrected chi connectivity index (χ1v) is 5.97. The standard InChI is InChI=1S/C12H11O5P/c1-3-11(13)16-18(17-12(14)4-2)15-10-8-6-5-7-9-10/h3-9H,1-2H2. The van der Waals surface area contributed by atoms with Gasteiger partial charge in [0.05, 0.1) is 0 Å². The summed E-state index contributed by atoms with van der Waals surface area (Å²) in [5.41, 5.74) is 0. The average molecular weight is 266 g/mol. The third-order valence-electron chi connectivity index (χ3n) is 1.59. The third-order valence-corrected chi connectivity index (χ3v) is 2.60. The van der Waals surface area contributed by atoms with Gasteiger partial charge >= 0.3 is 20.5 Å². The first-order valence-electron chi connectivity index (χ1n) is 4.87. The molecule has 0 saturated heterocycles. The van der Waals surface area contributed by atoms with Crippen molar-refractivity contribution in [1.82, 2.24) is 0 Å². The first kappa shape index (κ1) is 13.9. The summed E-state index contributed by atoms with van der Waals surface area (Å²) < 4.78 is 14.8. The van der Waals surface area contributed by atoms with E-state index in [1.165, 1.54) is 0 Å². The highest BCUT2D eigenvalue weighted by Gasteiger charge is 2.22. The molecule has 0 saturated carbocycles. The Kier molecular flexibility index (Phi) is 5.61. The highest BCUT2D eigenvalue weighted by atomic mass is 31.2. The van der Waals surface area contributed by atoms with Crippen LogP contribution in [0.1, 0.15) is 0 Å². The molecule has 0 unspecified atom stereocenters. The summed E-state index contributed by atoms with van der Waals surface area (Å²) in [6.45, 7) is 6.48. The molecule has 5 nitrogen and oxygen atoms in total. The largest absolute Gasteiger partial charge is 0.535 e. The zero-order valence-electron chi connectivity index (χ0n) is 9.44. The molecule has 0 aliphatic heterocycles. The SMILES string of the molecule is C=CC(=O)OP(OC(=O)C=C)Oc1ccccc1. The highest BCUT2D eigenvalue weighted by molar-refractivity contribution is 7.43. The van der Waals surface area contributed by atoms with Crippen molar-refractivity contribution in [3.8, 4) is 5.75 Å². The van der Waals surface area contributed by atoms with E-state index in [0.29, 0.717) is 5.75 Å². The van der Waals surface area contributed by atoms with Gasteiger partial charge in [0, 0.05) is 12.2 Å². The fourth-order valence-electron chi connectivity index (χ4n) is 0.845. The van der Waals surface area contributed by atoms with Crippen molar-refractivity contribution >= 4 is 20.5 Å². The summed E-state index contributed by atoms with van der Waals surface area (Å²) in [7, 11) is -2.17. The lowest BCUT2D eigenvalue weighted by atomic mass is 10.3. The summed E-state index contributed by atoms with van der Waals surface area (Å²) >= 11 is 0. The Balaban J connectivity index is 2.70. The molecule has 0 fully saturated rings. The van der Waals surface area contributed by atoms with E-state index in [4.69, 9.17) is 13.6 Å². The molecule has 1 aromatic carbocycles. The van der Waals surface area contributed by atoms with Gasteiger partial charge in [-0.2, -0.15) is 0 Å². The van der Waals surface area contributed by atoms with E-state index in [1.54, 1.807) is 30.3 Å². The van der Waals surface area contributed by atoms with Crippen molar-refractivity contribution in [1.29, 1.82) is 0 Å². The number of para-hydroxylation sites is 1. The third kappa shape index (κ3) is 4.80. The predicted molar refractivity (Wildman–Crippen MR) is 66.6 cm³/mol. The minimum Gasteiger partial charge on any atom is -0.408 e. The van der Waals surface area contributed by atoms with Crippen LogP contribution in [0.15, 0.2) is 55.6 Å². The molecule has 1 rings (SSSR count). The predicted octanol–water partition coefficient (Wildman–Crippen LogP) is 2.75. The van der Waals surface area contributed by atoms with Crippen molar-refractivity contribution in [3.05, 3.63) is 55.6 Å². The molecule has 94 valence electrons. The lowest BCUT2D eigenvalue weighted by molar-refractivity contribution is -0.132. The summed E-state index contributed by atoms with van der Waals surface area (Å²) in [6.07, 6.45) is 1.90. The number of carbonyl (C=O) groups excluding carboxylic acids is 2. The Hall–Kier alpha value is -2.13. The molecule has 0 aliphatic carbocycles. The number of hydrogen-bond donors (Lipinski definition) is 0. The lowest BCUT2D eigenvalue weighted by Crippen LogP contribution is -2.05. The van der Waals surface area contributed by atoms with Gasteiger partial charge in [-0.3, -0.25) is 0 Å². The zero-order valence-corrected chi connectivity index (χ0v) is 10.3. The molecule has 18 heavy (non-hydrogen) atoms. The van der Waals surface area contributed by atoms with E-state index < -0.39 is 20.5 Å². The minimum absolute atomic E-state index is 0.414. The molecule has 0 bridgehead atoms. The second-order valence-electron chi connectivity index (χ2n) is 2.86. The molecule has 0 atom stereocenters. The molecule has 0 spiro atoms. The summed E-state index contributed by atoms with van der Waals surface area (Å²) in [5, 5.41) is 0. The van der Waals surface area contributed by atoms with Crippen molar-refractivity contribution in [3.63, 3.8) is 0 Å². The molecule has 0 heterocycles. The van der Waals surface area contributed by atoms with Crippen molar-refractivity contribution in [2.24, 2.45) is 0 Å². The van der Waals surface area contributed by atoms with Crippen LogP contribution in [-0.2, 0) is 18.6 Å². The molecule has 0 radical (unpaired) electrons. The maximum Gasteiger partial charge on any atom is 0.535 e. The van der Waals surface area contributed by atoms with Gasteiger partial charge in [0.25, 0.3) is 0 Å². The van der Waals surface area contributed by atoms with Gasteiger partial charge in [0.15, 0.2) is 0 Å². The van der Waals surface area contributed by atoms with E-state index in [9.17, 15) is 9.59 Å². The van der Waals surface area contributed by atoms with E-state index in [-0.39, 0.29) is 0 Å². The van der Waals surface area contributed by atoms with Gasteiger partial charge in [-0.05, 0) is 12.1 Å². The summed E-state index contributed by atoms with van der Waals surface area (Å²) in [6, 6.07) is 8.53. The first-order chi connectivity index (χ1) is 8.65. The average Bonchev–Trinajstić information content (AvgIpc) is 2.39. The fraction of sp³-hybridized carbons (Fsp3) is 0. The fourth-order valence-corrected chi connectivity index (χ4v) is 1.69. The van der Waals surface area contributed by atoms with Gasteiger partial charge in [0.1, 0.15) is 5.75 Å². The van der Waals surface area contributed by atoms with Gasteiger partial charge < -0.3 is 13.6 Å². The van der Waals surface area contributed by atoms with Crippen LogP contribution < -0.4 is 4.52 Å². The lowest BCUT2D eigenvalue weighted by Gasteiger charge is -2.13. The zero-order chi connectivity index (χ0) is 13.4. The molecule has 0 amide bonds. The van der Waals surface area contributed by atoms with Crippen molar-refractivity contribution in [2.75, 3.05) is 0 Å². The maximum atomic E-state index is 11.1. The Morgan fingerprint density at radius 3 is 1.94 bits per heavy atom. The monoisotopic (exact) mass is 266 g/mol.